The zero-order valence-electron chi connectivity index (χ0n) is 9.85. The highest BCUT2D eigenvalue weighted by atomic mass is 16.5. The zero-order valence-corrected chi connectivity index (χ0v) is 9.85. The van der Waals surface area contributed by atoms with Crippen LogP contribution in [0.2, 0.25) is 0 Å². The van der Waals surface area contributed by atoms with Crippen molar-refractivity contribution in [3.05, 3.63) is 0 Å². The van der Waals surface area contributed by atoms with Crippen LogP contribution in [0.15, 0.2) is 0 Å². The van der Waals surface area contributed by atoms with Crippen LogP contribution < -0.4 is 16.4 Å². The zero-order chi connectivity index (χ0) is 13.5. The molecule has 8 heteroatoms. The first-order chi connectivity index (χ1) is 8.52. The Labute approximate surface area is 104 Å². The third kappa shape index (κ3) is 4.68. The van der Waals surface area contributed by atoms with Crippen molar-refractivity contribution < 1.29 is 24.2 Å². The lowest BCUT2D eigenvalue weighted by molar-refractivity contribution is -0.149. The topological polar surface area (TPSA) is 131 Å². The van der Waals surface area contributed by atoms with Crippen molar-refractivity contribution in [3.8, 4) is 0 Å². The summed E-state index contributed by atoms with van der Waals surface area (Å²) in [7, 11) is 0. The maximum absolute atomic E-state index is 11.3. The van der Waals surface area contributed by atoms with Crippen molar-refractivity contribution >= 4 is 17.8 Å². The minimum Gasteiger partial charge on any atom is -0.479 e. The SMILES string of the molecule is NCC(=O)NCC(=O)NCC1CCC(C(=O)O)O1. The van der Waals surface area contributed by atoms with Gasteiger partial charge in [0.2, 0.25) is 11.8 Å². The summed E-state index contributed by atoms with van der Waals surface area (Å²) in [5.41, 5.74) is 5.06. The Kier molecular flexibility index (Phi) is 5.53. The van der Waals surface area contributed by atoms with E-state index in [0.29, 0.717) is 12.8 Å². The number of carbonyl (C=O) groups is 3. The number of hydrogen-bond donors (Lipinski definition) is 4. The van der Waals surface area contributed by atoms with Crippen LogP contribution in [-0.2, 0) is 19.1 Å². The van der Waals surface area contributed by atoms with Crippen LogP contribution in [0.25, 0.3) is 0 Å². The number of carbonyl (C=O) groups excluding carboxylic acids is 2. The Bertz CT molecular complexity index is 333. The summed E-state index contributed by atoms with van der Waals surface area (Å²) in [5, 5.41) is 13.6. The molecule has 0 spiro atoms. The molecular formula is C10H17N3O5. The van der Waals surface area contributed by atoms with E-state index in [1.807, 2.05) is 0 Å². The average Bonchev–Trinajstić information content (AvgIpc) is 2.82. The molecule has 1 heterocycles. The molecule has 0 bridgehead atoms. The number of nitrogens with one attached hydrogen (secondary N) is 2. The second kappa shape index (κ2) is 6.92. The highest BCUT2D eigenvalue weighted by molar-refractivity contribution is 5.85. The molecule has 0 radical (unpaired) electrons. The fourth-order valence-electron chi connectivity index (χ4n) is 1.58. The molecule has 8 nitrogen and oxygen atoms in total. The van der Waals surface area contributed by atoms with Gasteiger partial charge < -0.3 is 26.2 Å². The van der Waals surface area contributed by atoms with E-state index in [1.54, 1.807) is 0 Å². The van der Waals surface area contributed by atoms with E-state index in [2.05, 4.69) is 10.6 Å². The smallest absolute Gasteiger partial charge is 0.332 e. The normalized spacial score (nSPS) is 22.5. The lowest BCUT2D eigenvalue weighted by Gasteiger charge is -2.12. The van der Waals surface area contributed by atoms with E-state index < -0.39 is 18.0 Å². The van der Waals surface area contributed by atoms with E-state index in [-0.39, 0.29) is 31.6 Å². The van der Waals surface area contributed by atoms with Gasteiger partial charge in [0.1, 0.15) is 0 Å². The average molecular weight is 259 g/mol. The summed E-state index contributed by atoms with van der Waals surface area (Å²) in [5.74, 6) is -1.76. The molecule has 2 atom stereocenters. The molecule has 2 amide bonds. The number of hydrogen-bond acceptors (Lipinski definition) is 5. The largest absolute Gasteiger partial charge is 0.479 e. The lowest BCUT2D eigenvalue weighted by atomic mass is 10.2. The van der Waals surface area contributed by atoms with Crippen LogP contribution in [0.4, 0.5) is 0 Å². The molecule has 5 N–H and O–H groups in total. The summed E-state index contributed by atoms with van der Waals surface area (Å²) < 4.78 is 5.20. The van der Waals surface area contributed by atoms with Crippen molar-refractivity contribution in [2.24, 2.45) is 5.73 Å². The molecule has 0 aliphatic carbocycles. The quantitative estimate of drug-likeness (QED) is 0.428. The first kappa shape index (κ1) is 14.4. The van der Waals surface area contributed by atoms with E-state index in [4.69, 9.17) is 15.6 Å². The first-order valence-corrected chi connectivity index (χ1v) is 5.64. The second-order valence-electron chi connectivity index (χ2n) is 3.95. The maximum Gasteiger partial charge on any atom is 0.332 e. The van der Waals surface area contributed by atoms with Gasteiger partial charge in [0.15, 0.2) is 6.10 Å². The molecule has 1 fully saturated rings. The molecular weight excluding hydrogens is 242 g/mol. The molecule has 102 valence electrons. The summed E-state index contributed by atoms with van der Waals surface area (Å²) in [6, 6.07) is 0. The third-order valence-electron chi connectivity index (χ3n) is 2.54. The van der Waals surface area contributed by atoms with Gasteiger partial charge in [-0.15, -0.1) is 0 Å². The number of rotatable bonds is 6. The van der Waals surface area contributed by atoms with E-state index in [1.165, 1.54) is 0 Å². The number of aliphatic carboxylic acids is 1. The Morgan fingerprint density at radius 1 is 1.22 bits per heavy atom. The molecule has 0 aromatic heterocycles. The van der Waals surface area contributed by atoms with Crippen molar-refractivity contribution in [3.63, 3.8) is 0 Å². The number of carboxylic acids is 1. The standard InChI is InChI=1S/C10H17N3O5/c11-3-8(14)13-5-9(15)12-4-6-1-2-7(18-6)10(16)17/h6-7H,1-5,11H2,(H,12,15)(H,13,14)(H,16,17). The minimum absolute atomic E-state index is 0.148. The van der Waals surface area contributed by atoms with Gasteiger partial charge in [0, 0.05) is 6.54 Å². The maximum atomic E-state index is 11.3. The van der Waals surface area contributed by atoms with Crippen LogP contribution in [0, 0.1) is 0 Å². The van der Waals surface area contributed by atoms with Gasteiger partial charge >= 0.3 is 5.97 Å². The van der Waals surface area contributed by atoms with Crippen molar-refractivity contribution in [2.45, 2.75) is 25.0 Å². The highest BCUT2D eigenvalue weighted by Crippen LogP contribution is 2.18. The van der Waals surface area contributed by atoms with Gasteiger partial charge in [0.25, 0.3) is 0 Å². The predicted molar refractivity (Wildman–Crippen MR) is 60.6 cm³/mol. The molecule has 1 aliphatic heterocycles. The fourth-order valence-corrected chi connectivity index (χ4v) is 1.58. The molecule has 18 heavy (non-hydrogen) atoms. The van der Waals surface area contributed by atoms with Crippen molar-refractivity contribution in [1.29, 1.82) is 0 Å². The third-order valence-corrected chi connectivity index (χ3v) is 2.54. The van der Waals surface area contributed by atoms with Gasteiger partial charge in [-0.2, -0.15) is 0 Å². The molecule has 1 rings (SSSR count). The van der Waals surface area contributed by atoms with Gasteiger partial charge in [-0.3, -0.25) is 9.59 Å². The molecule has 0 aromatic rings. The molecule has 2 unspecified atom stereocenters. The van der Waals surface area contributed by atoms with Crippen molar-refractivity contribution in [2.75, 3.05) is 19.6 Å². The van der Waals surface area contributed by atoms with Crippen LogP contribution in [0.3, 0.4) is 0 Å². The number of carboxylic acid groups (broad SMARTS) is 1. The molecule has 1 saturated heterocycles. The van der Waals surface area contributed by atoms with E-state index >= 15 is 0 Å². The number of ether oxygens (including phenoxy) is 1. The van der Waals surface area contributed by atoms with E-state index in [0.717, 1.165) is 0 Å². The Morgan fingerprint density at radius 3 is 2.50 bits per heavy atom. The Balaban J connectivity index is 2.16. The van der Waals surface area contributed by atoms with Crippen LogP contribution in [-0.4, -0.2) is 54.7 Å². The molecule has 0 saturated carbocycles. The Morgan fingerprint density at radius 2 is 1.94 bits per heavy atom. The van der Waals surface area contributed by atoms with Crippen molar-refractivity contribution in [1.82, 2.24) is 10.6 Å². The molecule has 0 aromatic carbocycles. The predicted octanol–water partition coefficient (Wildman–Crippen LogP) is -2.19. The second-order valence-corrected chi connectivity index (χ2v) is 3.95. The van der Waals surface area contributed by atoms with Crippen LogP contribution in [0.5, 0.6) is 0 Å². The van der Waals surface area contributed by atoms with Crippen LogP contribution in [0.1, 0.15) is 12.8 Å². The number of amides is 2. The van der Waals surface area contributed by atoms with Crippen LogP contribution >= 0.6 is 0 Å². The summed E-state index contributed by atoms with van der Waals surface area (Å²) >= 11 is 0. The van der Waals surface area contributed by atoms with Gasteiger partial charge in [-0.1, -0.05) is 0 Å². The van der Waals surface area contributed by atoms with Gasteiger partial charge in [-0.05, 0) is 12.8 Å². The summed E-state index contributed by atoms with van der Waals surface area (Å²) in [6.45, 7) is -0.0778. The summed E-state index contributed by atoms with van der Waals surface area (Å²) in [6.07, 6.45) is -0.0456. The minimum atomic E-state index is -0.987. The Hall–Kier alpha value is -1.67. The number of nitrogens with two attached hydrogens (primary N) is 1. The van der Waals surface area contributed by atoms with E-state index in [9.17, 15) is 14.4 Å². The lowest BCUT2D eigenvalue weighted by Crippen LogP contribution is -2.41. The van der Waals surface area contributed by atoms with Gasteiger partial charge in [-0.25, -0.2) is 4.79 Å². The first-order valence-electron chi connectivity index (χ1n) is 5.64. The summed E-state index contributed by atoms with van der Waals surface area (Å²) in [4.78, 5) is 32.7. The fraction of sp³-hybridized carbons (Fsp3) is 0.700. The monoisotopic (exact) mass is 259 g/mol. The van der Waals surface area contributed by atoms with Gasteiger partial charge in [0.05, 0.1) is 19.2 Å². The highest BCUT2D eigenvalue weighted by Gasteiger charge is 2.30. The molecule has 1 aliphatic rings.